The average molecular weight is 381 g/mol. The Morgan fingerprint density at radius 1 is 0.536 bits per heavy atom. The summed E-state index contributed by atoms with van der Waals surface area (Å²) in [5, 5.41) is 19.7. The Hall–Kier alpha value is -1.64. The van der Waals surface area contributed by atoms with Crippen LogP contribution < -0.4 is 0 Å². The lowest BCUT2D eigenvalue weighted by atomic mass is 9.82. The number of benzene rings is 2. The van der Waals surface area contributed by atoms with Gasteiger partial charge in [-0.25, -0.2) is 0 Å². The fourth-order valence-corrected chi connectivity index (χ4v) is 4.69. The normalized spacial score (nSPS) is 27.5. The van der Waals surface area contributed by atoms with Crippen LogP contribution in [0.15, 0.2) is 60.7 Å². The standard InChI is InChI=1S/2C13H18O/c2*14-13-9-5-4-8-12(13)10-11-6-2-1-3-7-11/h2*1-3,6-7,12-14H,4-5,8-10H2. The molecule has 0 radical (unpaired) electrons. The fourth-order valence-electron chi connectivity index (χ4n) is 4.69. The Balaban J connectivity index is 0.000000161. The minimum atomic E-state index is -0.0658. The van der Waals surface area contributed by atoms with E-state index < -0.39 is 0 Å². The van der Waals surface area contributed by atoms with Crippen molar-refractivity contribution in [3.05, 3.63) is 71.8 Å². The van der Waals surface area contributed by atoms with Gasteiger partial charge in [-0.1, -0.05) is 86.3 Å². The van der Waals surface area contributed by atoms with Gasteiger partial charge < -0.3 is 10.2 Å². The van der Waals surface area contributed by atoms with Crippen LogP contribution in [0.4, 0.5) is 0 Å². The van der Waals surface area contributed by atoms with Crippen molar-refractivity contribution >= 4 is 0 Å². The molecule has 2 nitrogen and oxygen atoms in total. The van der Waals surface area contributed by atoms with E-state index in [0.29, 0.717) is 11.8 Å². The Kier molecular flexibility index (Phi) is 8.57. The molecule has 28 heavy (non-hydrogen) atoms. The summed E-state index contributed by atoms with van der Waals surface area (Å²) in [4.78, 5) is 0. The minimum absolute atomic E-state index is 0.0658. The molecule has 2 saturated carbocycles. The van der Waals surface area contributed by atoms with Crippen LogP contribution in [-0.2, 0) is 12.8 Å². The van der Waals surface area contributed by atoms with E-state index in [2.05, 4.69) is 48.5 Å². The van der Waals surface area contributed by atoms with Crippen LogP contribution in [0, 0.1) is 11.8 Å². The van der Waals surface area contributed by atoms with Gasteiger partial charge >= 0.3 is 0 Å². The van der Waals surface area contributed by atoms with Crippen LogP contribution in [0.5, 0.6) is 0 Å². The van der Waals surface area contributed by atoms with Gasteiger partial charge in [-0.2, -0.15) is 0 Å². The van der Waals surface area contributed by atoms with Crippen molar-refractivity contribution < 1.29 is 10.2 Å². The van der Waals surface area contributed by atoms with Gasteiger partial charge in [-0.05, 0) is 61.5 Å². The highest BCUT2D eigenvalue weighted by Gasteiger charge is 2.23. The number of hydrogen-bond acceptors (Lipinski definition) is 2. The highest BCUT2D eigenvalue weighted by Crippen LogP contribution is 2.28. The highest BCUT2D eigenvalue weighted by atomic mass is 16.3. The fraction of sp³-hybridized carbons (Fsp3) is 0.538. The number of aliphatic hydroxyl groups excluding tert-OH is 2. The molecule has 2 N–H and O–H groups in total. The van der Waals surface area contributed by atoms with Crippen molar-refractivity contribution in [3.8, 4) is 0 Å². The molecular formula is C26H36O2. The van der Waals surface area contributed by atoms with Gasteiger partial charge in [0.15, 0.2) is 0 Å². The van der Waals surface area contributed by atoms with Gasteiger partial charge in [0.25, 0.3) is 0 Å². The van der Waals surface area contributed by atoms with E-state index in [9.17, 15) is 10.2 Å². The zero-order valence-electron chi connectivity index (χ0n) is 17.0. The maximum Gasteiger partial charge on any atom is 0.0571 e. The van der Waals surface area contributed by atoms with Crippen LogP contribution in [0.25, 0.3) is 0 Å². The van der Waals surface area contributed by atoms with Gasteiger partial charge in [-0.15, -0.1) is 0 Å². The maximum absolute atomic E-state index is 9.83. The molecular weight excluding hydrogens is 344 g/mol. The first-order valence-electron chi connectivity index (χ1n) is 11.2. The molecule has 4 atom stereocenters. The topological polar surface area (TPSA) is 40.5 Å². The average Bonchev–Trinajstić information content (AvgIpc) is 2.74. The van der Waals surface area contributed by atoms with Crippen molar-refractivity contribution in [1.82, 2.24) is 0 Å². The van der Waals surface area contributed by atoms with Gasteiger partial charge in [0.1, 0.15) is 0 Å². The summed E-state index contributed by atoms with van der Waals surface area (Å²) >= 11 is 0. The van der Waals surface area contributed by atoms with Crippen LogP contribution in [-0.4, -0.2) is 22.4 Å². The maximum atomic E-state index is 9.83. The summed E-state index contributed by atoms with van der Waals surface area (Å²) in [6.45, 7) is 0. The van der Waals surface area contributed by atoms with Crippen LogP contribution in [0.3, 0.4) is 0 Å². The molecule has 0 aliphatic heterocycles. The monoisotopic (exact) mass is 380 g/mol. The third-order valence-electron chi connectivity index (χ3n) is 6.42. The molecule has 4 unspecified atom stereocenters. The molecule has 0 heterocycles. The van der Waals surface area contributed by atoms with Crippen molar-refractivity contribution in [1.29, 1.82) is 0 Å². The van der Waals surface area contributed by atoms with E-state index in [1.165, 1.54) is 49.7 Å². The number of hydrogen-bond donors (Lipinski definition) is 2. The molecule has 0 aromatic heterocycles. The molecule has 2 aliphatic rings. The predicted octanol–water partition coefficient (Wildman–Crippen LogP) is 5.56. The Morgan fingerprint density at radius 3 is 1.25 bits per heavy atom. The molecule has 2 heteroatoms. The van der Waals surface area contributed by atoms with Crippen molar-refractivity contribution in [3.63, 3.8) is 0 Å². The van der Waals surface area contributed by atoms with E-state index in [-0.39, 0.29) is 12.2 Å². The van der Waals surface area contributed by atoms with Crippen molar-refractivity contribution in [2.24, 2.45) is 11.8 Å². The first kappa shape index (κ1) is 21.1. The van der Waals surface area contributed by atoms with Crippen molar-refractivity contribution in [2.45, 2.75) is 76.4 Å². The van der Waals surface area contributed by atoms with Crippen molar-refractivity contribution in [2.75, 3.05) is 0 Å². The molecule has 4 rings (SSSR count). The molecule has 2 aromatic carbocycles. The van der Waals surface area contributed by atoms with E-state index in [4.69, 9.17) is 0 Å². The largest absolute Gasteiger partial charge is 0.393 e. The first-order chi connectivity index (χ1) is 13.7. The Bertz CT molecular complexity index is 595. The SMILES string of the molecule is OC1CCCCC1Cc1ccccc1.OC1CCCCC1Cc1ccccc1. The van der Waals surface area contributed by atoms with E-state index in [0.717, 1.165) is 25.7 Å². The summed E-state index contributed by atoms with van der Waals surface area (Å²) in [6.07, 6.45) is 11.3. The van der Waals surface area contributed by atoms with Gasteiger partial charge in [-0.3, -0.25) is 0 Å². The molecule has 0 bridgehead atoms. The predicted molar refractivity (Wildman–Crippen MR) is 116 cm³/mol. The van der Waals surface area contributed by atoms with Gasteiger partial charge in [0, 0.05) is 0 Å². The van der Waals surface area contributed by atoms with Crippen LogP contribution in [0.1, 0.15) is 62.5 Å². The highest BCUT2D eigenvalue weighted by molar-refractivity contribution is 5.16. The molecule has 2 aliphatic carbocycles. The molecule has 0 amide bonds. The smallest absolute Gasteiger partial charge is 0.0571 e. The van der Waals surface area contributed by atoms with Gasteiger partial charge in [0.2, 0.25) is 0 Å². The van der Waals surface area contributed by atoms with E-state index >= 15 is 0 Å². The third kappa shape index (κ3) is 6.76. The second kappa shape index (κ2) is 11.4. The quantitative estimate of drug-likeness (QED) is 0.729. The van der Waals surface area contributed by atoms with Crippen LogP contribution >= 0.6 is 0 Å². The minimum Gasteiger partial charge on any atom is -0.393 e. The molecule has 152 valence electrons. The van der Waals surface area contributed by atoms with E-state index in [1.54, 1.807) is 0 Å². The summed E-state index contributed by atoms with van der Waals surface area (Å²) in [7, 11) is 0. The third-order valence-corrected chi connectivity index (χ3v) is 6.42. The molecule has 2 fully saturated rings. The lowest BCUT2D eigenvalue weighted by molar-refractivity contribution is 0.0698. The van der Waals surface area contributed by atoms with Crippen LogP contribution in [0.2, 0.25) is 0 Å². The number of rotatable bonds is 4. The number of aliphatic hydroxyl groups is 2. The molecule has 2 aromatic rings. The first-order valence-corrected chi connectivity index (χ1v) is 11.2. The van der Waals surface area contributed by atoms with Gasteiger partial charge in [0.05, 0.1) is 12.2 Å². The zero-order valence-corrected chi connectivity index (χ0v) is 17.0. The molecule has 0 spiro atoms. The second-order valence-electron chi connectivity index (χ2n) is 8.60. The summed E-state index contributed by atoms with van der Waals surface area (Å²) in [6, 6.07) is 21.0. The Labute approximate surface area is 170 Å². The lowest BCUT2D eigenvalue weighted by Crippen LogP contribution is -2.26. The molecule has 0 saturated heterocycles. The summed E-state index contributed by atoms with van der Waals surface area (Å²) in [5.41, 5.74) is 2.72. The lowest BCUT2D eigenvalue weighted by Gasteiger charge is -2.27. The summed E-state index contributed by atoms with van der Waals surface area (Å²) in [5.74, 6) is 0.984. The second-order valence-corrected chi connectivity index (χ2v) is 8.60. The zero-order chi connectivity index (χ0) is 19.6. The van der Waals surface area contributed by atoms with E-state index in [1.807, 2.05) is 12.1 Å². The summed E-state index contributed by atoms with van der Waals surface area (Å²) < 4.78 is 0. The Morgan fingerprint density at radius 2 is 0.893 bits per heavy atom.